The van der Waals surface area contributed by atoms with Gasteiger partial charge in [-0.3, -0.25) is 14.9 Å². The van der Waals surface area contributed by atoms with E-state index < -0.39 is 10.9 Å². The number of halogens is 2. The highest BCUT2D eigenvalue weighted by Gasteiger charge is 2.19. The molecule has 0 aromatic heterocycles. The quantitative estimate of drug-likeness (QED) is 0.362. The Morgan fingerprint density at radius 2 is 2.20 bits per heavy atom. The van der Waals surface area contributed by atoms with E-state index in [1.807, 2.05) is 0 Å². The Bertz CT molecular complexity index is 534. The van der Waals surface area contributed by atoms with Gasteiger partial charge in [0.15, 0.2) is 0 Å². The SMILES string of the molecule is C=CCOC(=O)CNCc1c([N+](=O)[O-])ccc(Cl)c1Cl. The monoisotopic (exact) mass is 318 g/mol. The Kier molecular flexibility index (Phi) is 6.44. The van der Waals surface area contributed by atoms with Crippen LogP contribution in [0.2, 0.25) is 10.0 Å². The Hall–Kier alpha value is -1.63. The first-order valence-corrected chi connectivity index (χ1v) is 6.31. The summed E-state index contributed by atoms with van der Waals surface area (Å²) in [4.78, 5) is 21.6. The fraction of sp³-hybridized carbons (Fsp3) is 0.250. The fourth-order valence-corrected chi connectivity index (χ4v) is 1.82. The summed E-state index contributed by atoms with van der Waals surface area (Å²) >= 11 is 11.8. The summed E-state index contributed by atoms with van der Waals surface area (Å²) in [5.41, 5.74) is 0.0621. The molecular formula is C12H12Cl2N2O4. The number of benzene rings is 1. The fourth-order valence-electron chi connectivity index (χ4n) is 1.41. The van der Waals surface area contributed by atoms with Crippen LogP contribution < -0.4 is 5.32 Å². The topological polar surface area (TPSA) is 81.5 Å². The maximum atomic E-state index is 11.2. The van der Waals surface area contributed by atoms with Crippen molar-refractivity contribution in [2.75, 3.05) is 13.2 Å². The van der Waals surface area contributed by atoms with Crippen molar-refractivity contribution in [3.8, 4) is 0 Å². The average molecular weight is 319 g/mol. The first-order valence-electron chi connectivity index (χ1n) is 5.56. The minimum absolute atomic E-state index is 0.0267. The molecule has 8 heteroatoms. The van der Waals surface area contributed by atoms with Crippen molar-refractivity contribution in [1.82, 2.24) is 5.32 Å². The summed E-state index contributed by atoms with van der Waals surface area (Å²) in [5.74, 6) is -0.495. The highest BCUT2D eigenvalue weighted by molar-refractivity contribution is 6.42. The standard InChI is InChI=1S/C12H12Cl2N2O4/c1-2-5-20-11(17)7-15-6-8-10(16(18)19)4-3-9(13)12(8)14/h2-4,15H,1,5-7H2. The zero-order valence-electron chi connectivity index (χ0n) is 10.4. The van der Waals surface area contributed by atoms with Crippen molar-refractivity contribution in [2.45, 2.75) is 6.54 Å². The number of hydrogen-bond acceptors (Lipinski definition) is 5. The van der Waals surface area contributed by atoms with Crippen LogP contribution in [0.25, 0.3) is 0 Å². The molecule has 0 radical (unpaired) electrons. The van der Waals surface area contributed by atoms with Crippen LogP contribution in [-0.4, -0.2) is 24.0 Å². The number of esters is 1. The van der Waals surface area contributed by atoms with Gasteiger partial charge in [-0.15, -0.1) is 0 Å². The van der Waals surface area contributed by atoms with Gasteiger partial charge >= 0.3 is 5.97 Å². The van der Waals surface area contributed by atoms with Crippen molar-refractivity contribution in [3.05, 3.63) is 50.5 Å². The highest BCUT2D eigenvalue weighted by Crippen LogP contribution is 2.32. The summed E-state index contributed by atoms with van der Waals surface area (Å²) < 4.78 is 4.75. The van der Waals surface area contributed by atoms with E-state index in [0.717, 1.165) is 0 Å². The van der Waals surface area contributed by atoms with Gasteiger partial charge in [-0.1, -0.05) is 35.9 Å². The number of nitrogens with zero attached hydrogens (tertiary/aromatic N) is 1. The van der Waals surface area contributed by atoms with Crippen LogP contribution in [0.15, 0.2) is 24.8 Å². The molecular weight excluding hydrogens is 307 g/mol. The van der Waals surface area contributed by atoms with E-state index in [4.69, 9.17) is 27.9 Å². The molecule has 0 spiro atoms. The van der Waals surface area contributed by atoms with Crippen LogP contribution in [0.3, 0.4) is 0 Å². The zero-order chi connectivity index (χ0) is 15.1. The third kappa shape index (κ3) is 4.48. The Labute approximate surface area is 125 Å². The van der Waals surface area contributed by atoms with E-state index in [2.05, 4.69) is 11.9 Å². The first-order chi connectivity index (χ1) is 9.47. The van der Waals surface area contributed by atoms with Gasteiger partial charge < -0.3 is 10.1 Å². The van der Waals surface area contributed by atoms with Crippen LogP contribution in [0.1, 0.15) is 5.56 Å². The number of rotatable bonds is 7. The molecule has 1 N–H and O–H groups in total. The van der Waals surface area contributed by atoms with Crippen molar-refractivity contribution in [1.29, 1.82) is 0 Å². The maximum absolute atomic E-state index is 11.2. The smallest absolute Gasteiger partial charge is 0.320 e. The van der Waals surface area contributed by atoms with Crippen molar-refractivity contribution in [3.63, 3.8) is 0 Å². The van der Waals surface area contributed by atoms with E-state index in [9.17, 15) is 14.9 Å². The molecule has 0 bridgehead atoms. The number of hydrogen-bond donors (Lipinski definition) is 1. The van der Waals surface area contributed by atoms with Gasteiger partial charge in [-0.2, -0.15) is 0 Å². The summed E-state index contributed by atoms with van der Waals surface area (Å²) in [6.45, 7) is 3.44. The summed E-state index contributed by atoms with van der Waals surface area (Å²) in [6, 6.07) is 2.62. The lowest BCUT2D eigenvalue weighted by atomic mass is 10.2. The average Bonchev–Trinajstić information content (AvgIpc) is 2.40. The lowest BCUT2D eigenvalue weighted by Crippen LogP contribution is -2.25. The molecule has 0 heterocycles. The van der Waals surface area contributed by atoms with Crippen LogP contribution in [-0.2, 0) is 16.1 Å². The largest absolute Gasteiger partial charge is 0.461 e. The van der Waals surface area contributed by atoms with Crippen LogP contribution >= 0.6 is 23.2 Å². The lowest BCUT2D eigenvalue weighted by Gasteiger charge is -2.08. The van der Waals surface area contributed by atoms with Gasteiger partial charge in [0, 0.05) is 12.6 Å². The third-order valence-electron chi connectivity index (χ3n) is 2.30. The third-order valence-corrected chi connectivity index (χ3v) is 3.14. The van der Waals surface area contributed by atoms with Gasteiger partial charge in [-0.25, -0.2) is 0 Å². The van der Waals surface area contributed by atoms with Gasteiger partial charge in [0.1, 0.15) is 6.61 Å². The summed E-state index contributed by atoms with van der Waals surface area (Å²) in [7, 11) is 0. The number of ether oxygens (including phenoxy) is 1. The molecule has 6 nitrogen and oxygen atoms in total. The molecule has 0 aliphatic heterocycles. The van der Waals surface area contributed by atoms with E-state index in [1.54, 1.807) is 0 Å². The second kappa shape index (κ2) is 7.84. The van der Waals surface area contributed by atoms with Gasteiger partial charge in [0.25, 0.3) is 5.69 Å². The molecule has 0 unspecified atom stereocenters. The van der Waals surface area contributed by atoms with Crippen molar-refractivity contribution < 1.29 is 14.5 Å². The highest BCUT2D eigenvalue weighted by atomic mass is 35.5. The van der Waals surface area contributed by atoms with Crippen LogP contribution in [0.4, 0.5) is 5.69 Å². The molecule has 0 fully saturated rings. The van der Waals surface area contributed by atoms with E-state index in [1.165, 1.54) is 18.2 Å². The summed E-state index contributed by atoms with van der Waals surface area (Å²) in [5, 5.41) is 13.9. The predicted octanol–water partition coefficient (Wildman–Crippen LogP) is 2.72. The molecule has 20 heavy (non-hydrogen) atoms. The number of carbonyl (C=O) groups is 1. The van der Waals surface area contributed by atoms with Crippen LogP contribution in [0, 0.1) is 10.1 Å². The molecule has 0 amide bonds. The Balaban J connectivity index is 2.72. The first kappa shape index (κ1) is 16.4. The second-order valence-corrected chi connectivity index (χ2v) is 4.48. The lowest BCUT2D eigenvalue weighted by molar-refractivity contribution is -0.385. The minimum atomic E-state index is -0.560. The number of nitrogens with one attached hydrogen (secondary N) is 1. The van der Waals surface area contributed by atoms with E-state index >= 15 is 0 Å². The molecule has 0 saturated heterocycles. The zero-order valence-corrected chi connectivity index (χ0v) is 11.9. The molecule has 1 aromatic rings. The molecule has 0 atom stereocenters. The minimum Gasteiger partial charge on any atom is -0.461 e. The van der Waals surface area contributed by atoms with Crippen molar-refractivity contribution >= 4 is 34.9 Å². The molecule has 1 aromatic carbocycles. The summed E-state index contributed by atoms with van der Waals surface area (Å²) in [6.07, 6.45) is 1.44. The molecule has 1 rings (SSSR count). The normalized spacial score (nSPS) is 10.1. The molecule has 0 saturated carbocycles. The van der Waals surface area contributed by atoms with Crippen LogP contribution in [0.5, 0.6) is 0 Å². The number of nitro benzene ring substituents is 1. The molecule has 108 valence electrons. The predicted molar refractivity (Wildman–Crippen MR) is 76.0 cm³/mol. The van der Waals surface area contributed by atoms with E-state index in [0.29, 0.717) is 0 Å². The van der Waals surface area contributed by atoms with Gasteiger partial charge in [-0.05, 0) is 6.07 Å². The van der Waals surface area contributed by atoms with Gasteiger partial charge in [0.05, 0.1) is 27.1 Å². The maximum Gasteiger partial charge on any atom is 0.320 e. The number of nitro groups is 1. The Morgan fingerprint density at radius 1 is 1.50 bits per heavy atom. The van der Waals surface area contributed by atoms with E-state index in [-0.39, 0.29) is 41.0 Å². The second-order valence-electron chi connectivity index (χ2n) is 3.69. The van der Waals surface area contributed by atoms with Gasteiger partial charge in [0.2, 0.25) is 0 Å². The molecule has 0 aliphatic carbocycles. The number of carbonyl (C=O) groups excluding carboxylic acids is 1. The molecule has 0 aliphatic rings. The van der Waals surface area contributed by atoms with Crippen molar-refractivity contribution in [2.24, 2.45) is 0 Å². The Morgan fingerprint density at radius 3 is 2.80 bits per heavy atom.